The highest BCUT2D eigenvalue weighted by atomic mass is 32.5. The van der Waals surface area contributed by atoms with Crippen molar-refractivity contribution in [3.63, 3.8) is 0 Å². The van der Waals surface area contributed by atoms with Crippen molar-refractivity contribution < 1.29 is 18.6 Å². The third-order valence-corrected chi connectivity index (χ3v) is 5.69. The lowest BCUT2D eigenvalue weighted by Crippen LogP contribution is -2.28. The maximum absolute atomic E-state index is 12.2. The van der Waals surface area contributed by atoms with Crippen LogP contribution in [0.15, 0.2) is 24.3 Å². The maximum atomic E-state index is 12.2. The first-order chi connectivity index (χ1) is 8.55. The molecule has 1 heterocycles. The van der Waals surface area contributed by atoms with E-state index in [4.69, 9.17) is 20.9 Å². The third kappa shape index (κ3) is 1.91. The van der Waals surface area contributed by atoms with Crippen LogP contribution in [-0.2, 0) is 20.9 Å². The average Bonchev–Trinajstić information content (AvgIpc) is 2.63. The van der Waals surface area contributed by atoms with Crippen LogP contribution in [-0.4, -0.2) is 30.2 Å². The molecule has 0 aliphatic carbocycles. The molecule has 7 heteroatoms. The Morgan fingerprint density at radius 2 is 1.72 bits per heavy atom. The number of benzene rings is 1. The number of carbonyl (C=O) groups is 2. The summed E-state index contributed by atoms with van der Waals surface area (Å²) in [5.74, 6) is -0.900. The summed E-state index contributed by atoms with van der Waals surface area (Å²) in [7, 11) is 1.35. The van der Waals surface area contributed by atoms with Crippen LogP contribution in [0.2, 0.25) is 0 Å². The van der Waals surface area contributed by atoms with Crippen molar-refractivity contribution in [1.82, 2.24) is 4.67 Å². The van der Waals surface area contributed by atoms with Gasteiger partial charge in [-0.25, -0.2) is 0 Å². The van der Waals surface area contributed by atoms with Gasteiger partial charge in [0.25, 0.3) is 18.5 Å². The predicted octanol–water partition coefficient (Wildman–Crippen LogP) is 2.19. The summed E-state index contributed by atoms with van der Waals surface area (Å²) in [6, 6.07) is 6.59. The number of imide groups is 1. The molecule has 0 spiro atoms. The molecule has 0 aromatic heterocycles. The molecular formula is C11H12NO4PS. The Balaban J connectivity index is 2.48. The number of fused-ring (bicyclic) bond motifs is 1. The molecule has 1 atom stereocenters. The Hall–Kier alpha value is -1.07. The standard InChI is InChI=1S/C11H12NO4PS/c1-3-16-17(18,15-2)12-10(13)8-6-4-5-7-9(8)11(12)14/h4-7H,3H2,1-2H3. The Kier molecular flexibility index (Phi) is 3.64. The van der Waals surface area contributed by atoms with Gasteiger partial charge in [0.2, 0.25) is 0 Å². The monoisotopic (exact) mass is 285 g/mol. The van der Waals surface area contributed by atoms with Crippen LogP contribution >= 0.6 is 6.64 Å². The summed E-state index contributed by atoms with van der Waals surface area (Å²) in [6.45, 7) is -1.06. The molecule has 18 heavy (non-hydrogen) atoms. The normalized spacial score (nSPS) is 17.8. The number of rotatable bonds is 4. The molecule has 96 valence electrons. The van der Waals surface area contributed by atoms with Crippen molar-refractivity contribution in [2.75, 3.05) is 13.7 Å². The minimum absolute atomic E-state index is 0.276. The number of carbonyl (C=O) groups excluding carboxylic acids is 2. The Morgan fingerprint density at radius 1 is 1.22 bits per heavy atom. The quantitative estimate of drug-likeness (QED) is 0.627. The second-order valence-corrected chi connectivity index (χ2v) is 6.88. The average molecular weight is 285 g/mol. The van der Waals surface area contributed by atoms with Crippen molar-refractivity contribution in [3.8, 4) is 0 Å². The van der Waals surface area contributed by atoms with Crippen LogP contribution in [0.25, 0.3) is 0 Å². The molecule has 0 bridgehead atoms. The Bertz CT molecular complexity index is 525. The number of amides is 2. The topological polar surface area (TPSA) is 55.8 Å². The number of hydrogen-bond donors (Lipinski definition) is 0. The number of hydrogen-bond acceptors (Lipinski definition) is 5. The highest BCUT2D eigenvalue weighted by molar-refractivity contribution is 8.09. The summed E-state index contributed by atoms with van der Waals surface area (Å²) in [6.07, 6.45) is 0. The molecule has 0 saturated carbocycles. The SMILES string of the molecule is CCOP(=S)(OC)N1C(=O)c2ccccc2C1=O. The fourth-order valence-corrected chi connectivity index (χ4v) is 3.89. The summed E-state index contributed by atoms with van der Waals surface area (Å²) >= 11 is 5.21. The molecule has 2 rings (SSSR count). The van der Waals surface area contributed by atoms with Crippen LogP contribution in [0, 0.1) is 0 Å². The lowest BCUT2D eigenvalue weighted by molar-refractivity contribution is 0.0731. The fraction of sp³-hybridized carbons (Fsp3) is 0.273. The lowest BCUT2D eigenvalue weighted by Gasteiger charge is -2.26. The minimum Gasteiger partial charge on any atom is -0.317 e. The van der Waals surface area contributed by atoms with Gasteiger partial charge in [-0.3, -0.25) is 9.59 Å². The van der Waals surface area contributed by atoms with Crippen LogP contribution in [0.4, 0.5) is 0 Å². The van der Waals surface area contributed by atoms with Crippen molar-refractivity contribution in [2.24, 2.45) is 0 Å². The third-order valence-electron chi connectivity index (χ3n) is 2.54. The molecule has 5 nitrogen and oxygen atoms in total. The zero-order valence-corrected chi connectivity index (χ0v) is 11.7. The Labute approximate surface area is 110 Å². The zero-order valence-electron chi connectivity index (χ0n) is 9.95. The zero-order chi connectivity index (χ0) is 13.3. The highest BCUT2D eigenvalue weighted by Crippen LogP contribution is 2.54. The van der Waals surface area contributed by atoms with E-state index in [1.165, 1.54) is 7.11 Å². The maximum Gasteiger partial charge on any atom is 0.299 e. The summed E-state index contributed by atoms with van der Waals surface area (Å²) in [4.78, 5) is 24.4. The van der Waals surface area contributed by atoms with Crippen molar-refractivity contribution in [2.45, 2.75) is 6.92 Å². The second kappa shape index (κ2) is 4.90. The van der Waals surface area contributed by atoms with E-state index in [2.05, 4.69) is 0 Å². The molecule has 1 aromatic rings. The van der Waals surface area contributed by atoms with Crippen LogP contribution in [0.1, 0.15) is 27.6 Å². The first-order valence-electron chi connectivity index (χ1n) is 5.33. The molecule has 0 radical (unpaired) electrons. The highest BCUT2D eigenvalue weighted by Gasteiger charge is 2.45. The van der Waals surface area contributed by atoms with E-state index >= 15 is 0 Å². The summed E-state index contributed by atoms with van der Waals surface area (Å²) in [5, 5.41) is 0. The Morgan fingerprint density at radius 3 is 2.11 bits per heavy atom. The van der Waals surface area contributed by atoms with Gasteiger partial charge in [-0.15, -0.1) is 0 Å². The molecule has 0 fully saturated rings. The first-order valence-corrected chi connectivity index (χ1v) is 7.93. The lowest BCUT2D eigenvalue weighted by atomic mass is 10.1. The molecule has 1 aliphatic heterocycles. The summed E-state index contributed by atoms with van der Waals surface area (Å²) in [5.41, 5.74) is 0.682. The van der Waals surface area contributed by atoms with Gasteiger partial charge < -0.3 is 9.05 Å². The molecule has 1 unspecified atom stereocenters. The minimum atomic E-state index is -3.08. The van der Waals surface area contributed by atoms with E-state index in [0.29, 0.717) is 11.1 Å². The van der Waals surface area contributed by atoms with Crippen molar-refractivity contribution in [1.29, 1.82) is 0 Å². The molecule has 2 amide bonds. The molecular weight excluding hydrogens is 273 g/mol. The summed E-state index contributed by atoms with van der Waals surface area (Å²) < 4.78 is 11.4. The van der Waals surface area contributed by atoms with Crippen molar-refractivity contribution >= 4 is 30.3 Å². The van der Waals surface area contributed by atoms with E-state index < -0.39 is 18.5 Å². The van der Waals surface area contributed by atoms with Crippen molar-refractivity contribution in [3.05, 3.63) is 35.4 Å². The van der Waals surface area contributed by atoms with Gasteiger partial charge in [0, 0.05) is 7.11 Å². The number of nitrogens with zero attached hydrogens (tertiary/aromatic N) is 1. The van der Waals surface area contributed by atoms with Gasteiger partial charge in [-0.2, -0.15) is 4.67 Å². The van der Waals surface area contributed by atoms with Gasteiger partial charge >= 0.3 is 0 Å². The van der Waals surface area contributed by atoms with Gasteiger partial charge in [-0.05, 0) is 30.9 Å². The fourth-order valence-electron chi connectivity index (χ4n) is 1.75. The molecule has 1 aliphatic rings. The van der Waals surface area contributed by atoms with E-state index in [-0.39, 0.29) is 6.61 Å². The predicted molar refractivity (Wildman–Crippen MR) is 69.9 cm³/mol. The van der Waals surface area contributed by atoms with Gasteiger partial charge in [0.15, 0.2) is 0 Å². The second-order valence-electron chi connectivity index (χ2n) is 3.54. The van der Waals surface area contributed by atoms with Gasteiger partial charge in [0.1, 0.15) is 0 Å². The van der Waals surface area contributed by atoms with Crippen LogP contribution in [0.3, 0.4) is 0 Å². The first kappa shape index (κ1) is 13.4. The largest absolute Gasteiger partial charge is 0.317 e. The van der Waals surface area contributed by atoms with Gasteiger partial charge in [-0.1, -0.05) is 12.1 Å². The van der Waals surface area contributed by atoms with E-state index in [0.717, 1.165) is 4.67 Å². The van der Waals surface area contributed by atoms with Gasteiger partial charge in [0.05, 0.1) is 17.7 Å². The molecule has 1 aromatic carbocycles. The smallest absolute Gasteiger partial charge is 0.299 e. The van der Waals surface area contributed by atoms with Crippen LogP contribution in [0.5, 0.6) is 0 Å². The van der Waals surface area contributed by atoms with Crippen LogP contribution < -0.4 is 0 Å². The molecule has 0 N–H and O–H groups in total. The van der Waals surface area contributed by atoms with E-state index in [1.54, 1.807) is 31.2 Å². The van der Waals surface area contributed by atoms with E-state index in [9.17, 15) is 9.59 Å². The molecule has 0 saturated heterocycles. The van der Waals surface area contributed by atoms with E-state index in [1.807, 2.05) is 0 Å².